The number of halogens is 1. The molecule has 2 aliphatic heterocycles. The minimum absolute atomic E-state index is 0.0210. The molecule has 33 heavy (non-hydrogen) atoms. The molecule has 0 bridgehead atoms. The van der Waals surface area contributed by atoms with Crippen molar-refractivity contribution in [2.24, 2.45) is 5.92 Å². The molecule has 7 nitrogen and oxygen atoms in total. The van der Waals surface area contributed by atoms with Gasteiger partial charge >= 0.3 is 0 Å². The average molecular weight is 454 g/mol. The first-order valence-electron chi connectivity index (χ1n) is 10.9. The second-order valence-corrected chi connectivity index (χ2v) is 8.25. The lowest BCUT2D eigenvalue weighted by molar-refractivity contribution is -0.138. The molecule has 1 N–H and O–H groups in total. The molecule has 4 rings (SSSR count). The van der Waals surface area contributed by atoms with Gasteiger partial charge in [0.1, 0.15) is 11.5 Å². The summed E-state index contributed by atoms with van der Waals surface area (Å²) in [6.45, 7) is 1.18. The molecule has 0 saturated carbocycles. The normalized spacial score (nSPS) is 18.8. The number of methoxy groups -OCH3 is 2. The Labute approximate surface area is 192 Å². The van der Waals surface area contributed by atoms with E-state index in [0.717, 1.165) is 12.8 Å². The summed E-state index contributed by atoms with van der Waals surface area (Å²) in [7, 11) is 3.06. The number of aliphatic hydroxyl groups excluding tert-OH is 1. The van der Waals surface area contributed by atoms with Gasteiger partial charge in [-0.2, -0.15) is 0 Å². The smallest absolute Gasteiger partial charge is 0.278 e. The second kappa shape index (κ2) is 9.62. The number of rotatable bonds is 7. The number of amides is 2. The van der Waals surface area contributed by atoms with E-state index in [-0.39, 0.29) is 24.6 Å². The maximum atomic E-state index is 13.6. The van der Waals surface area contributed by atoms with E-state index in [1.54, 1.807) is 18.2 Å². The van der Waals surface area contributed by atoms with Crippen molar-refractivity contribution in [2.75, 3.05) is 33.9 Å². The molecule has 2 aromatic carbocycles. The first kappa shape index (κ1) is 22.8. The third-order valence-corrected chi connectivity index (χ3v) is 6.16. The SMILES string of the molecule is COc1ccc(CN2C(=O)C(c3ccc(F)cc3)=C(N3CCCC(CO)C3)C2=O)cc1OC. The van der Waals surface area contributed by atoms with Crippen LogP contribution in [0.1, 0.15) is 24.0 Å². The third-order valence-electron chi connectivity index (χ3n) is 6.16. The quantitative estimate of drug-likeness (QED) is 0.649. The van der Waals surface area contributed by atoms with Crippen LogP contribution in [0.2, 0.25) is 0 Å². The maximum absolute atomic E-state index is 13.6. The Morgan fingerprint density at radius 3 is 2.42 bits per heavy atom. The van der Waals surface area contributed by atoms with E-state index in [1.807, 2.05) is 4.90 Å². The van der Waals surface area contributed by atoms with E-state index in [0.29, 0.717) is 41.4 Å². The zero-order valence-corrected chi connectivity index (χ0v) is 18.7. The summed E-state index contributed by atoms with van der Waals surface area (Å²) in [5.41, 5.74) is 1.77. The van der Waals surface area contributed by atoms with Crippen LogP contribution in [-0.2, 0) is 16.1 Å². The molecular weight excluding hydrogens is 427 g/mol. The maximum Gasteiger partial charge on any atom is 0.278 e. The van der Waals surface area contributed by atoms with Gasteiger partial charge in [-0.1, -0.05) is 18.2 Å². The summed E-state index contributed by atoms with van der Waals surface area (Å²) in [6.07, 6.45) is 1.67. The van der Waals surface area contributed by atoms with Gasteiger partial charge in [-0.25, -0.2) is 4.39 Å². The molecule has 174 valence electrons. The lowest BCUT2D eigenvalue weighted by atomic mass is 9.97. The fraction of sp³-hybridized carbons (Fsp3) is 0.360. The van der Waals surface area contributed by atoms with Gasteiger partial charge in [-0.3, -0.25) is 14.5 Å². The number of piperidine rings is 1. The minimum Gasteiger partial charge on any atom is -0.493 e. The van der Waals surface area contributed by atoms with Crippen molar-refractivity contribution in [1.29, 1.82) is 0 Å². The first-order chi connectivity index (χ1) is 16.0. The number of ether oxygens (including phenoxy) is 2. The van der Waals surface area contributed by atoms with Gasteiger partial charge in [-0.05, 0) is 54.2 Å². The Morgan fingerprint density at radius 1 is 1.03 bits per heavy atom. The van der Waals surface area contributed by atoms with Gasteiger partial charge in [0.15, 0.2) is 11.5 Å². The third kappa shape index (κ3) is 4.43. The highest BCUT2D eigenvalue weighted by Crippen LogP contribution is 2.36. The minimum atomic E-state index is -0.428. The number of likely N-dealkylation sites (tertiary alicyclic amines) is 1. The van der Waals surface area contributed by atoms with Crippen molar-refractivity contribution in [3.8, 4) is 11.5 Å². The largest absolute Gasteiger partial charge is 0.493 e. The van der Waals surface area contributed by atoms with E-state index in [9.17, 15) is 19.1 Å². The average Bonchev–Trinajstić information content (AvgIpc) is 3.09. The number of aliphatic hydroxyl groups is 1. The molecule has 0 spiro atoms. The van der Waals surface area contributed by atoms with Crippen molar-refractivity contribution >= 4 is 17.4 Å². The van der Waals surface area contributed by atoms with Crippen LogP contribution in [-0.4, -0.2) is 60.6 Å². The Bertz CT molecular complexity index is 1080. The summed E-state index contributed by atoms with van der Waals surface area (Å²) in [6, 6.07) is 10.8. The molecule has 2 heterocycles. The van der Waals surface area contributed by atoms with Crippen molar-refractivity contribution in [3.63, 3.8) is 0 Å². The van der Waals surface area contributed by atoms with Crippen molar-refractivity contribution in [1.82, 2.24) is 9.80 Å². The van der Waals surface area contributed by atoms with Gasteiger partial charge in [-0.15, -0.1) is 0 Å². The van der Waals surface area contributed by atoms with E-state index in [4.69, 9.17) is 9.47 Å². The van der Waals surface area contributed by atoms with Crippen LogP contribution >= 0.6 is 0 Å². The van der Waals surface area contributed by atoms with E-state index in [2.05, 4.69) is 0 Å². The Hall–Kier alpha value is -3.39. The lowest BCUT2D eigenvalue weighted by Crippen LogP contribution is -2.40. The van der Waals surface area contributed by atoms with Gasteiger partial charge in [0.25, 0.3) is 11.8 Å². The Morgan fingerprint density at radius 2 is 1.76 bits per heavy atom. The fourth-order valence-corrected chi connectivity index (χ4v) is 4.46. The highest BCUT2D eigenvalue weighted by atomic mass is 19.1. The first-order valence-corrected chi connectivity index (χ1v) is 10.9. The van der Waals surface area contributed by atoms with Crippen LogP contribution in [0.4, 0.5) is 4.39 Å². The van der Waals surface area contributed by atoms with Gasteiger partial charge in [0.05, 0.1) is 26.3 Å². The number of carbonyl (C=O) groups is 2. The molecule has 2 aliphatic rings. The summed E-state index contributed by atoms with van der Waals surface area (Å²) < 4.78 is 24.2. The topological polar surface area (TPSA) is 79.3 Å². The molecule has 0 aromatic heterocycles. The summed E-state index contributed by atoms with van der Waals surface area (Å²) in [5.74, 6) is -0.158. The number of carbonyl (C=O) groups excluding carboxylic acids is 2. The van der Waals surface area contributed by atoms with Crippen LogP contribution in [0.3, 0.4) is 0 Å². The number of nitrogens with zero attached hydrogens (tertiary/aromatic N) is 2. The molecule has 1 unspecified atom stereocenters. The highest BCUT2D eigenvalue weighted by molar-refractivity contribution is 6.35. The van der Waals surface area contributed by atoms with E-state index >= 15 is 0 Å². The molecular formula is C25H27FN2O5. The van der Waals surface area contributed by atoms with Crippen LogP contribution in [0.15, 0.2) is 48.2 Å². The zero-order valence-electron chi connectivity index (χ0n) is 18.7. The molecule has 1 atom stereocenters. The molecule has 1 fully saturated rings. The zero-order chi connectivity index (χ0) is 23.5. The van der Waals surface area contributed by atoms with E-state index in [1.165, 1.54) is 43.4 Å². The second-order valence-electron chi connectivity index (χ2n) is 8.25. The molecule has 2 amide bonds. The van der Waals surface area contributed by atoms with Crippen molar-refractivity contribution in [2.45, 2.75) is 19.4 Å². The summed E-state index contributed by atoms with van der Waals surface area (Å²) in [5, 5.41) is 9.65. The number of imide groups is 1. The number of hydrogen-bond donors (Lipinski definition) is 1. The van der Waals surface area contributed by atoms with Crippen LogP contribution in [0.5, 0.6) is 11.5 Å². The predicted molar refractivity (Wildman–Crippen MR) is 120 cm³/mol. The van der Waals surface area contributed by atoms with Crippen molar-refractivity contribution in [3.05, 3.63) is 65.1 Å². The standard InChI is InChI=1S/C25H27FN2O5/c1-32-20-10-5-16(12-21(20)33-2)14-28-24(30)22(18-6-8-19(26)9-7-18)23(25(28)31)27-11-3-4-17(13-27)15-29/h5-10,12,17,29H,3-4,11,13-15H2,1-2H3. The molecule has 0 radical (unpaired) electrons. The molecule has 8 heteroatoms. The molecule has 1 saturated heterocycles. The van der Waals surface area contributed by atoms with Gasteiger partial charge in [0.2, 0.25) is 0 Å². The fourth-order valence-electron chi connectivity index (χ4n) is 4.46. The monoisotopic (exact) mass is 454 g/mol. The van der Waals surface area contributed by atoms with Gasteiger partial charge < -0.3 is 19.5 Å². The van der Waals surface area contributed by atoms with Crippen LogP contribution < -0.4 is 9.47 Å². The lowest BCUT2D eigenvalue weighted by Gasteiger charge is -2.34. The van der Waals surface area contributed by atoms with Gasteiger partial charge in [0, 0.05) is 19.7 Å². The number of benzene rings is 2. The Balaban J connectivity index is 1.71. The number of hydrogen-bond acceptors (Lipinski definition) is 6. The molecule has 2 aromatic rings. The Kier molecular flexibility index (Phi) is 6.65. The van der Waals surface area contributed by atoms with Crippen LogP contribution in [0.25, 0.3) is 5.57 Å². The predicted octanol–water partition coefficient (Wildman–Crippen LogP) is 2.83. The van der Waals surface area contributed by atoms with Crippen molar-refractivity contribution < 1.29 is 28.6 Å². The van der Waals surface area contributed by atoms with E-state index < -0.39 is 17.6 Å². The highest BCUT2D eigenvalue weighted by Gasteiger charge is 2.42. The summed E-state index contributed by atoms with van der Waals surface area (Å²) in [4.78, 5) is 30.2. The molecule has 0 aliphatic carbocycles. The summed E-state index contributed by atoms with van der Waals surface area (Å²) >= 11 is 0. The van der Waals surface area contributed by atoms with Crippen LogP contribution in [0, 0.1) is 11.7 Å².